The van der Waals surface area contributed by atoms with Crippen LogP contribution in [-0.4, -0.2) is 37.3 Å². The van der Waals surface area contributed by atoms with Gasteiger partial charge in [0.1, 0.15) is 6.04 Å². The number of carbonyl (C=O) groups excluding carboxylic acids is 2. The second kappa shape index (κ2) is 12.5. The predicted octanol–water partition coefficient (Wildman–Crippen LogP) is 4.80. The van der Waals surface area contributed by atoms with Crippen LogP contribution in [0.4, 0.5) is 0 Å². The Bertz CT molecular complexity index is 982. The lowest BCUT2D eigenvalue weighted by molar-refractivity contribution is -0.123. The molecule has 2 aromatic rings. The quantitative estimate of drug-likeness (QED) is 0.345. The van der Waals surface area contributed by atoms with E-state index in [-0.39, 0.29) is 5.92 Å². The van der Waals surface area contributed by atoms with E-state index < -0.39 is 17.9 Å². The Morgan fingerprint density at radius 2 is 1.84 bits per heavy atom. The van der Waals surface area contributed by atoms with Crippen molar-refractivity contribution < 1.29 is 19.1 Å². The van der Waals surface area contributed by atoms with E-state index in [1.54, 1.807) is 30.3 Å². The van der Waals surface area contributed by atoms with Gasteiger partial charge in [0.25, 0.3) is 11.8 Å². The number of carbonyl (C=O) groups is 2. The Labute approximate surface area is 201 Å². The number of hydrazone groups is 1. The van der Waals surface area contributed by atoms with E-state index in [2.05, 4.69) is 31.8 Å². The SMILES string of the molecule is CCOc1cc(C=NNC(=O)C(NC(=O)c2ccccc2Cl)C(C)C)cc(Br)c1OCC. The van der Waals surface area contributed by atoms with Gasteiger partial charge in [-0.1, -0.05) is 37.6 Å². The van der Waals surface area contributed by atoms with Crippen LogP contribution in [0.3, 0.4) is 0 Å². The molecule has 0 aromatic heterocycles. The summed E-state index contributed by atoms with van der Waals surface area (Å²) in [7, 11) is 0. The number of halogens is 2. The van der Waals surface area contributed by atoms with Crippen molar-refractivity contribution in [2.75, 3.05) is 13.2 Å². The summed E-state index contributed by atoms with van der Waals surface area (Å²) in [6, 6.07) is 9.46. The number of hydrogen-bond acceptors (Lipinski definition) is 5. The van der Waals surface area contributed by atoms with Crippen LogP contribution in [-0.2, 0) is 4.79 Å². The zero-order valence-electron chi connectivity index (χ0n) is 18.4. The molecular weight excluding hydrogens is 498 g/mol. The third-order valence-electron chi connectivity index (χ3n) is 4.36. The van der Waals surface area contributed by atoms with Gasteiger partial charge >= 0.3 is 0 Å². The van der Waals surface area contributed by atoms with Crippen LogP contribution in [0.25, 0.3) is 0 Å². The van der Waals surface area contributed by atoms with Crippen LogP contribution in [0, 0.1) is 5.92 Å². The lowest BCUT2D eigenvalue weighted by Gasteiger charge is -2.20. The van der Waals surface area contributed by atoms with Crippen LogP contribution in [0.2, 0.25) is 5.02 Å². The van der Waals surface area contributed by atoms with Gasteiger partial charge in [0.05, 0.1) is 34.5 Å². The Kier molecular flexibility index (Phi) is 9.99. The molecule has 0 aliphatic carbocycles. The standard InChI is InChI=1S/C23H27BrClN3O4/c1-5-31-19-12-15(11-17(24)21(19)32-6-2)13-26-28-23(30)20(14(3)4)27-22(29)16-9-7-8-10-18(16)25/h7-14,20H,5-6H2,1-4H3,(H,27,29)(H,28,30). The molecule has 1 unspecified atom stereocenters. The van der Waals surface area contributed by atoms with E-state index in [1.807, 2.05) is 33.8 Å². The molecule has 2 aromatic carbocycles. The summed E-state index contributed by atoms with van der Waals surface area (Å²) < 4.78 is 12.0. The fraction of sp³-hybridized carbons (Fsp3) is 0.348. The second-order valence-corrected chi connectivity index (χ2v) is 8.37. The fourth-order valence-corrected chi connectivity index (χ4v) is 3.64. The smallest absolute Gasteiger partial charge is 0.262 e. The molecular formula is C23H27BrClN3O4. The Balaban J connectivity index is 2.11. The number of rotatable bonds is 10. The maximum Gasteiger partial charge on any atom is 0.262 e. The number of benzene rings is 2. The predicted molar refractivity (Wildman–Crippen MR) is 130 cm³/mol. The first-order valence-corrected chi connectivity index (χ1v) is 11.4. The topological polar surface area (TPSA) is 89.0 Å². The molecule has 0 saturated heterocycles. The molecule has 2 N–H and O–H groups in total. The maximum absolute atomic E-state index is 12.7. The molecule has 0 heterocycles. The van der Waals surface area contributed by atoms with E-state index in [0.717, 1.165) is 0 Å². The first kappa shape index (κ1) is 25.7. The minimum Gasteiger partial charge on any atom is -0.490 e. The van der Waals surface area contributed by atoms with Gasteiger partial charge in [-0.05, 0) is 65.5 Å². The summed E-state index contributed by atoms with van der Waals surface area (Å²) in [5.41, 5.74) is 3.49. The zero-order valence-corrected chi connectivity index (χ0v) is 20.8. The molecule has 9 heteroatoms. The van der Waals surface area contributed by atoms with Crippen LogP contribution < -0.4 is 20.2 Å². The number of hydrogen-bond donors (Lipinski definition) is 2. The van der Waals surface area contributed by atoms with Gasteiger partial charge in [-0.25, -0.2) is 5.43 Å². The van der Waals surface area contributed by atoms with Crippen LogP contribution >= 0.6 is 27.5 Å². The van der Waals surface area contributed by atoms with Crippen molar-refractivity contribution in [3.05, 3.63) is 57.0 Å². The lowest BCUT2D eigenvalue weighted by atomic mass is 10.0. The second-order valence-electron chi connectivity index (χ2n) is 7.11. The van der Waals surface area contributed by atoms with Gasteiger partial charge in [-0.2, -0.15) is 5.10 Å². The Morgan fingerprint density at radius 3 is 2.47 bits per heavy atom. The van der Waals surface area contributed by atoms with Crippen molar-refractivity contribution in [3.8, 4) is 11.5 Å². The third kappa shape index (κ3) is 6.97. The van der Waals surface area contributed by atoms with E-state index >= 15 is 0 Å². The van der Waals surface area contributed by atoms with Crippen LogP contribution in [0.15, 0.2) is 46.0 Å². The molecule has 32 heavy (non-hydrogen) atoms. The average molecular weight is 525 g/mol. The maximum atomic E-state index is 12.7. The molecule has 0 aliphatic heterocycles. The van der Waals surface area contributed by atoms with Gasteiger partial charge in [0, 0.05) is 0 Å². The highest BCUT2D eigenvalue weighted by Gasteiger charge is 2.25. The van der Waals surface area contributed by atoms with E-state index in [4.69, 9.17) is 21.1 Å². The fourth-order valence-electron chi connectivity index (χ4n) is 2.85. The molecule has 2 amide bonds. The Hall–Kier alpha value is -2.58. The molecule has 0 radical (unpaired) electrons. The average Bonchev–Trinajstić information content (AvgIpc) is 2.74. The van der Waals surface area contributed by atoms with E-state index in [9.17, 15) is 9.59 Å². The minimum absolute atomic E-state index is 0.166. The molecule has 0 bridgehead atoms. The van der Waals surface area contributed by atoms with Gasteiger partial charge in [0.2, 0.25) is 0 Å². The van der Waals surface area contributed by atoms with Crippen molar-refractivity contribution in [1.29, 1.82) is 0 Å². The molecule has 2 rings (SSSR count). The Morgan fingerprint density at radius 1 is 1.16 bits per heavy atom. The number of nitrogens with zero attached hydrogens (tertiary/aromatic N) is 1. The van der Waals surface area contributed by atoms with Crippen molar-refractivity contribution in [2.24, 2.45) is 11.0 Å². The van der Waals surface area contributed by atoms with Gasteiger partial charge < -0.3 is 14.8 Å². The largest absolute Gasteiger partial charge is 0.490 e. The summed E-state index contributed by atoms with van der Waals surface area (Å²) in [5, 5.41) is 7.08. The van der Waals surface area contributed by atoms with Crippen molar-refractivity contribution in [1.82, 2.24) is 10.7 Å². The van der Waals surface area contributed by atoms with Gasteiger partial charge in [-0.15, -0.1) is 0 Å². The van der Waals surface area contributed by atoms with Crippen LogP contribution in [0.5, 0.6) is 11.5 Å². The van der Waals surface area contributed by atoms with E-state index in [0.29, 0.717) is 45.3 Å². The van der Waals surface area contributed by atoms with Crippen molar-refractivity contribution in [3.63, 3.8) is 0 Å². The summed E-state index contributed by atoms with van der Waals surface area (Å²) in [6.45, 7) is 8.41. The normalized spacial score (nSPS) is 12.0. The van der Waals surface area contributed by atoms with Gasteiger partial charge in [-0.3, -0.25) is 9.59 Å². The molecule has 0 spiro atoms. The summed E-state index contributed by atoms with van der Waals surface area (Å²) in [5.74, 6) is 0.152. The van der Waals surface area contributed by atoms with Crippen molar-refractivity contribution in [2.45, 2.75) is 33.7 Å². The molecule has 172 valence electrons. The zero-order chi connectivity index (χ0) is 23.7. The number of ether oxygens (including phenoxy) is 2. The monoisotopic (exact) mass is 523 g/mol. The first-order valence-electron chi connectivity index (χ1n) is 10.3. The number of amides is 2. The molecule has 7 nitrogen and oxygen atoms in total. The lowest BCUT2D eigenvalue weighted by Crippen LogP contribution is -2.48. The molecule has 0 aliphatic rings. The summed E-state index contributed by atoms with van der Waals surface area (Å²) >= 11 is 9.56. The van der Waals surface area contributed by atoms with Crippen LogP contribution in [0.1, 0.15) is 43.6 Å². The molecule has 1 atom stereocenters. The minimum atomic E-state index is -0.790. The van der Waals surface area contributed by atoms with Gasteiger partial charge in [0.15, 0.2) is 11.5 Å². The third-order valence-corrected chi connectivity index (χ3v) is 5.28. The molecule has 0 saturated carbocycles. The number of nitrogens with one attached hydrogen (secondary N) is 2. The highest BCUT2D eigenvalue weighted by atomic mass is 79.9. The highest BCUT2D eigenvalue weighted by Crippen LogP contribution is 2.36. The van der Waals surface area contributed by atoms with Crippen molar-refractivity contribution >= 4 is 45.6 Å². The van der Waals surface area contributed by atoms with E-state index in [1.165, 1.54) is 6.21 Å². The summed E-state index contributed by atoms with van der Waals surface area (Å²) in [6.07, 6.45) is 1.49. The summed E-state index contributed by atoms with van der Waals surface area (Å²) in [4.78, 5) is 25.2. The first-order chi connectivity index (χ1) is 15.3. The highest BCUT2D eigenvalue weighted by molar-refractivity contribution is 9.10. The molecule has 0 fully saturated rings.